The largest absolute Gasteiger partial charge is 0.493 e. The van der Waals surface area contributed by atoms with Gasteiger partial charge in [-0.25, -0.2) is 14.6 Å². The first-order valence-electron chi connectivity index (χ1n) is 11.5. The highest BCUT2D eigenvalue weighted by Crippen LogP contribution is 2.38. The van der Waals surface area contributed by atoms with Crippen LogP contribution in [0.2, 0.25) is 0 Å². The van der Waals surface area contributed by atoms with E-state index in [2.05, 4.69) is 9.88 Å². The maximum Gasteiger partial charge on any atom is 0.338 e. The van der Waals surface area contributed by atoms with Crippen LogP contribution in [0.25, 0.3) is 11.2 Å². The zero-order valence-corrected chi connectivity index (χ0v) is 21.6. The fourth-order valence-electron chi connectivity index (χ4n) is 3.92. The van der Waals surface area contributed by atoms with E-state index < -0.39 is 17.2 Å². The summed E-state index contributed by atoms with van der Waals surface area (Å²) in [4.78, 5) is 44.9. The Labute approximate surface area is 208 Å². The van der Waals surface area contributed by atoms with Crippen molar-refractivity contribution in [2.24, 2.45) is 7.05 Å². The van der Waals surface area contributed by atoms with Crippen molar-refractivity contribution < 1.29 is 23.7 Å². The topological polar surface area (TPSA) is 119 Å². The van der Waals surface area contributed by atoms with E-state index in [0.717, 1.165) is 17.5 Å². The second kappa shape index (κ2) is 11.8. The Bertz CT molecular complexity index is 1310. The molecule has 0 radical (unpaired) electrons. The number of fused-ring (bicyclic) bond motifs is 1. The average molecular weight is 504 g/mol. The molecule has 36 heavy (non-hydrogen) atoms. The number of esters is 1. The van der Waals surface area contributed by atoms with Gasteiger partial charge < -0.3 is 28.4 Å². The van der Waals surface area contributed by atoms with Crippen LogP contribution in [-0.2, 0) is 24.9 Å². The maximum absolute atomic E-state index is 13.2. The molecule has 0 unspecified atom stereocenters. The van der Waals surface area contributed by atoms with Gasteiger partial charge in [-0.2, -0.15) is 0 Å². The molecule has 12 heteroatoms. The van der Waals surface area contributed by atoms with Gasteiger partial charge in [-0.05, 0) is 45.6 Å². The Morgan fingerprint density at radius 1 is 1.00 bits per heavy atom. The van der Waals surface area contributed by atoms with E-state index in [1.807, 2.05) is 14.1 Å². The van der Waals surface area contributed by atoms with Crippen molar-refractivity contribution >= 4 is 17.1 Å². The molecule has 0 saturated heterocycles. The van der Waals surface area contributed by atoms with E-state index in [1.165, 1.54) is 38.0 Å². The molecule has 1 aromatic carbocycles. The number of aryl methyl sites for hydroxylation is 2. The third-order valence-electron chi connectivity index (χ3n) is 5.77. The number of carbonyl (C=O) groups is 1. The van der Waals surface area contributed by atoms with Crippen molar-refractivity contribution in [2.75, 3.05) is 48.6 Å². The summed E-state index contributed by atoms with van der Waals surface area (Å²) in [6.07, 6.45) is 2.69. The monoisotopic (exact) mass is 503 g/mol. The zero-order chi connectivity index (χ0) is 26.4. The molecule has 196 valence electrons. The standard InChI is InChI=1S/C24H33N5O7/c1-26(2)9-7-10-28-15-25-21-19(28)22(30)29(24(32)27(21)3)11-8-12-36-23(31)16-13-17(33-4)20(35-6)18(14-16)34-5/h13-15H,7-12H2,1-6H3. The van der Waals surface area contributed by atoms with Gasteiger partial charge in [0.1, 0.15) is 0 Å². The predicted octanol–water partition coefficient (Wildman–Crippen LogP) is 1.12. The van der Waals surface area contributed by atoms with Gasteiger partial charge in [-0.3, -0.25) is 13.9 Å². The average Bonchev–Trinajstić information content (AvgIpc) is 3.29. The lowest BCUT2D eigenvalue weighted by Crippen LogP contribution is -2.40. The Balaban J connectivity index is 1.72. The quantitative estimate of drug-likeness (QED) is 0.265. The maximum atomic E-state index is 13.2. The van der Waals surface area contributed by atoms with Crippen molar-refractivity contribution in [3.63, 3.8) is 0 Å². The number of hydrogen-bond acceptors (Lipinski definition) is 9. The van der Waals surface area contributed by atoms with E-state index >= 15 is 0 Å². The van der Waals surface area contributed by atoms with Crippen LogP contribution in [0.1, 0.15) is 23.2 Å². The Kier molecular flexibility index (Phi) is 8.75. The number of benzene rings is 1. The fraction of sp³-hybridized carbons (Fsp3) is 0.500. The van der Waals surface area contributed by atoms with Crippen LogP contribution in [-0.4, -0.2) is 78.1 Å². The van der Waals surface area contributed by atoms with Gasteiger partial charge in [0.2, 0.25) is 5.75 Å². The van der Waals surface area contributed by atoms with Gasteiger partial charge in [-0.1, -0.05) is 0 Å². The van der Waals surface area contributed by atoms with E-state index in [4.69, 9.17) is 18.9 Å². The number of aromatic nitrogens is 4. The number of rotatable bonds is 12. The van der Waals surface area contributed by atoms with Gasteiger partial charge in [-0.15, -0.1) is 0 Å². The van der Waals surface area contributed by atoms with Crippen LogP contribution in [0.15, 0.2) is 28.0 Å². The molecule has 12 nitrogen and oxygen atoms in total. The molecule has 3 rings (SSSR count). The second-order valence-electron chi connectivity index (χ2n) is 8.47. The first kappa shape index (κ1) is 26.8. The lowest BCUT2D eigenvalue weighted by Gasteiger charge is -2.14. The minimum atomic E-state index is -0.594. The molecule has 0 saturated carbocycles. The minimum absolute atomic E-state index is 0.00518. The molecule has 0 fully saturated rings. The molecule has 2 heterocycles. The van der Waals surface area contributed by atoms with Crippen LogP contribution in [0, 0.1) is 0 Å². The van der Waals surface area contributed by atoms with Crippen molar-refractivity contribution in [2.45, 2.75) is 25.9 Å². The zero-order valence-electron chi connectivity index (χ0n) is 21.6. The van der Waals surface area contributed by atoms with Crippen LogP contribution in [0.3, 0.4) is 0 Å². The van der Waals surface area contributed by atoms with Gasteiger partial charge in [0.15, 0.2) is 22.7 Å². The van der Waals surface area contributed by atoms with Crippen molar-refractivity contribution in [1.29, 1.82) is 0 Å². The first-order chi connectivity index (χ1) is 17.2. The molecule has 0 aliphatic heterocycles. The summed E-state index contributed by atoms with van der Waals surface area (Å²) in [5, 5.41) is 0. The van der Waals surface area contributed by atoms with E-state index in [1.54, 1.807) is 17.9 Å². The summed E-state index contributed by atoms with van der Waals surface area (Å²) in [5.41, 5.74) is 0.0687. The molecule has 2 aromatic heterocycles. The highest BCUT2D eigenvalue weighted by Gasteiger charge is 2.19. The van der Waals surface area contributed by atoms with E-state index in [-0.39, 0.29) is 25.1 Å². The highest BCUT2D eigenvalue weighted by atomic mass is 16.5. The summed E-state index contributed by atoms with van der Waals surface area (Å²) in [7, 11) is 9.93. The molecular formula is C24H33N5O7. The molecule has 3 aromatic rings. The molecule has 0 amide bonds. The summed E-state index contributed by atoms with van der Waals surface area (Å²) >= 11 is 0. The Hall–Kier alpha value is -3.80. The SMILES string of the molecule is COc1cc(C(=O)OCCCn2c(=O)c3c(ncn3CCCN(C)C)n(C)c2=O)cc(OC)c1OC. The second-order valence-corrected chi connectivity index (χ2v) is 8.47. The van der Waals surface area contributed by atoms with Gasteiger partial charge in [0, 0.05) is 20.1 Å². The predicted molar refractivity (Wildman–Crippen MR) is 133 cm³/mol. The molecule has 0 aliphatic rings. The third-order valence-corrected chi connectivity index (χ3v) is 5.77. The Morgan fingerprint density at radius 3 is 2.25 bits per heavy atom. The van der Waals surface area contributed by atoms with Crippen LogP contribution >= 0.6 is 0 Å². The first-order valence-corrected chi connectivity index (χ1v) is 11.5. The smallest absolute Gasteiger partial charge is 0.338 e. The van der Waals surface area contributed by atoms with Gasteiger partial charge in [0.25, 0.3) is 5.56 Å². The number of methoxy groups -OCH3 is 3. The van der Waals surface area contributed by atoms with Crippen LogP contribution < -0.4 is 25.5 Å². The van der Waals surface area contributed by atoms with Crippen molar-refractivity contribution in [3.8, 4) is 17.2 Å². The number of nitrogens with zero attached hydrogens (tertiary/aromatic N) is 5. The summed E-state index contributed by atoms with van der Waals surface area (Å²) in [6, 6.07) is 2.99. The normalized spacial score (nSPS) is 11.2. The number of ether oxygens (including phenoxy) is 4. The molecule has 0 N–H and O–H groups in total. The number of imidazole rings is 1. The van der Waals surface area contributed by atoms with Crippen molar-refractivity contribution in [1.82, 2.24) is 23.6 Å². The fourth-order valence-corrected chi connectivity index (χ4v) is 3.92. The lowest BCUT2D eigenvalue weighted by molar-refractivity contribution is 0.0494. The molecule has 0 spiro atoms. The number of hydrogen-bond donors (Lipinski definition) is 0. The third kappa shape index (κ3) is 5.54. The van der Waals surface area contributed by atoms with Gasteiger partial charge in [0.05, 0.1) is 39.8 Å². The van der Waals surface area contributed by atoms with E-state index in [9.17, 15) is 14.4 Å². The van der Waals surface area contributed by atoms with Crippen LogP contribution in [0.5, 0.6) is 17.2 Å². The highest BCUT2D eigenvalue weighted by molar-refractivity contribution is 5.91. The summed E-state index contributed by atoms with van der Waals surface area (Å²) in [6.45, 7) is 1.56. The summed E-state index contributed by atoms with van der Waals surface area (Å²) < 4.78 is 25.5. The Morgan fingerprint density at radius 2 is 1.67 bits per heavy atom. The minimum Gasteiger partial charge on any atom is -0.493 e. The molecule has 0 bridgehead atoms. The van der Waals surface area contributed by atoms with Crippen molar-refractivity contribution in [3.05, 3.63) is 44.9 Å². The lowest BCUT2D eigenvalue weighted by atomic mass is 10.2. The van der Waals surface area contributed by atoms with Gasteiger partial charge >= 0.3 is 11.7 Å². The van der Waals surface area contributed by atoms with E-state index in [0.29, 0.717) is 35.0 Å². The molecular weight excluding hydrogens is 470 g/mol. The van der Waals surface area contributed by atoms with Crippen LogP contribution in [0.4, 0.5) is 0 Å². The molecule has 0 aliphatic carbocycles. The summed E-state index contributed by atoms with van der Waals surface area (Å²) in [5.74, 6) is 0.427. The number of carbonyl (C=O) groups excluding carboxylic acids is 1. The molecule has 0 atom stereocenters.